The molecule has 0 N–H and O–H groups in total. The highest BCUT2D eigenvalue weighted by Gasteiger charge is 2.46. The minimum absolute atomic E-state index is 0.0208. The molecule has 3 rings (SSSR count). The Labute approximate surface area is 147 Å². The van der Waals surface area contributed by atoms with Crippen molar-refractivity contribution in [3.05, 3.63) is 35.6 Å². The summed E-state index contributed by atoms with van der Waals surface area (Å²) in [6.07, 6.45) is 0. The van der Waals surface area contributed by atoms with Gasteiger partial charge < -0.3 is 4.90 Å². The van der Waals surface area contributed by atoms with E-state index in [1.165, 1.54) is 28.4 Å². The maximum absolute atomic E-state index is 13.6. The number of piperazine rings is 1. The van der Waals surface area contributed by atoms with Crippen molar-refractivity contribution in [3.63, 3.8) is 0 Å². The molecular formula is C16H22FN3O4S. The predicted octanol–water partition coefficient (Wildman–Crippen LogP) is 0.606. The Morgan fingerprint density at radius 1 is 1.24 bits per heavy atom. The minimum atomic E-state index is -3.65. The van der Waals surface area contributed by atoms with Crippen molar-refractivity contribution in [2.24, 2.45) is 0 Å². The van der Waals surface area contributed by atoms with E-state index in [4.69, 9.17) is 4.84 Å². The van der Waals surface area contributed by atoms with E-state index in [2.05, 4.69) is 0 Å². The zero-order valence-corrected chi connectivity index (χ0v) is 15.1. The lowest BCUT2D eigenvalue weighted by molar-refractivity contribution is -0.129. The van der Waals surface area contributed by atoms with Crippen molar-refractivity contribution < 1.29 is 22.4 Å². The standard InChI is InChI=1S/C16H22FN3O4S/c1-12(21)19-6-8-20(9-7-19)25(22,23)15-11-24-18(2)16(15)13-4-3-5-14(17)10-13/h3-5,10,15-16H,6-9,11H2,1-2H3. The molecule has 0 aromatic heterocycles. The molecule has 2 atom stereocenters. The number of hydroxylamine groups is 2. The van der Waals surface area contributed by atoms with E-state index in [0.717, 1.165) is 0 Å². The number of halogens is 1. The molecule has 0 aliphatic carbocycles. The van der Waals surface area contributed by atoms with Crippen molar-refractivity contribution >= 4 is 15.9 Å². The molecule has 2 fully saturated rings. The molecule has 138 valence electrons. The first-order valence-corrected chi connectivity index (χ1v) is 9.66. The number of rotatable bonds is 3. The summed E-state index contributed by atoms with van der Waals surface area (Å²) in [6.45, 7) is 2.78. The van der Waals surface area contributed by atoms with Gasteiger partial charge in [-0.05, 0) is 17.7 Å². The molecule has 0 spiro atoms. The van der Waals surface area contributed by atoms with Crippen LogP contribution in [0.3, 0.4) is 0 Å². The van der Waals surface area contributed by atoms with E-state index < -0.39 is 27.1 Å². The Kier molecular flexibility index (Phi) is 5.10. The lowest BCUT2D eigenvalue weighted by atomic mass is 10.0. The fourth-order valence-electron chi connectivity index (χ4n) is 3.41. The van der Waals surface area contributed by atoms with Crippen LogP contribution in [0.25, 0.3) is 0 Å². The molecule has 2 saturated heterocycles. The summed E-state index contributed by atoms with van der Waals surface area (Å²) in [5, 5.41) is 0.659. The quantitative estimate of drug-likeness (QED) is 0.779. The van der Waals surface area contributed by atoms with Gasteiger partial charge in [-0.1, -0.05) is 12.1 Å². The van der Waals surface area contributed by atoms with Crippen molar-refractivity contribution in [1.82, 2.24) is 14.3 Å². The molecule has 1 amide bonds. The fraction of sp³-hybridized carbons (Fsp3) is 0.562. The third-order valence-corrected chi connectivity index (χ3v) is 7.05. The van der Waals surface area contributed by atoms with Crippen LogP contribution in [0, 0.1) is 5.82 Å². The monoisotopic (exact) mass is 371 g/mol. The van der Waals surface area contributed by atoms with Crippen LogP contribution < -0.4 is 0 Å². The number of hydrogen-bond donors (Lipinski definition) is 0. The average molecular weight is 371 g/mol. The van der Waals surface area contributed by atoms with Gasteiger partial charge in [0, 0.05) is 40.2 Å². The van der Waals surface area contributed by atoms with Crippen LogP contribution in [0.4, 0.5) is 4.39 Å². The normalized spacial score (nSPS) is 26.1. The van der Waals surface area contributed by atoms with Crippen molar-refractivity contribution in [1.29, 1.82) is 0 Å². The van der Waals surface area contributed by atoms with Gasteiger partial charge in [0.1, 0.15) is 11.1 Å². The Hall–Kier alpha value is -1.55. The molecule has 0 bridgehead atoms. The third kappa shape index (κ3) is 3.55. The largest absolute Gasteiger partial charge is 0.340 e. The van der Waals surface area contributed by atoms with Crippen LogP contribution in [-0.4, -0.2) is 73.7 Å². The van der Waals surface area contributed by atoms with Crippen LogP contribution in [0.5, 0.6) is 0 Å². The number of nitrogens with zero attached hydrogens (tertiary/aromatic N) is 3. The second-order valence-corrected chi connectivity index (χ2v) is 8.48. The first-order chi connectivity index (χ1) is 11.8. The summed E-state index contributed by atoms with van der Waals surface area (Å²) in [5.74, 6) is -0.470. The predicted molar refractivity (Wildman–Crippen MR) is 89.4 cm³/mol. The molecule has 9 heteroatoms. The van der Waals surface area contributed by atoms with Gasteiger partial charge in [-0.3, -0.25) is 9.63 Å². The van der Waals surface area contributed by atoms with Gasteiger partial charge in [-0.2, -0.15) is 9.37 Å². The highest BCUT2D eigenvalue weighted by Crippen LogP contribution is 2.35. The second kappa shape index (κ2) is 6.99. The van der Waals surface area contributed by atoms with Gasteiger partial charge >= 0.3 is 0 Å². The van der Waals surface area contributed by atoms with E-state index in [-0.39, 0.29) is 25.6 Å². The summed E-state index contributed by atoms with van der Waals surface area (Å²) in [7, 11) is -2.00. The first kappa shape index (κ1) is 18.2. The maximum Gasteiger partial charge on any atom is 0.221 e. The Morgan fingerprint density at radius 3 is 2.52 bits per heavy atom. The molecule has 1 aromatic carbocycles. The van der Waals surface area contributed by atoms with Crippen LogP contribution >= 0.6 is 0 Å². The summed E-state index contributed by atoms with van der Waals surface area (Å²) in [5.41, 5.74) is 0.566. The second-order valence-electron chi connectivity index (χ2n) is 6.33. The van der Waals surface area contributed by atoms with E-state index in [1.54, 1.807) is 24.1 Å². The summed E-state index contributed by atoms with van der Waals surface area (Å²) in [4.78, 5) is 18.5. The van der Waals surface area contributed by atoms with Crippen molar-refractivity contribution in [2.75, 3.05) is 39.8 Å². The molecule has 7 nitrogen and oxygen atoms in total. The van der Waals surface area contributed by atoms with Crippen LogP contribution in [0.1, 0.15) is 18.5 Å². The SMILES string of the molecule is CC(=O)N1CCN(S(=O)(=O)C2CON(C)C2c2cccc(F)c2)CC1. The summed E-state index contributed by atoms with van der Waals surface area (Å²) >= 11 is 0. The first-order valence-electron chi connectivity index (χ1n) is 8.16. The Balaban J connectivity index is 1.82. The van der Waals surface area contributed by atoms with Gasteiger partial charge in [0.2, 0.25) is 15.9 Å². The minimum Gasteiger partial charge on any atom is -0.340 e. The topological polar surface area (TPSA) is 70.2 Å². The van der Waals surface area contributed by atoms with Crippen LogP contribution in [0.2, 0.25) is 0 Å². The van der Waals surface area contributed by atoms with E-state index in [0.29, 0.717) is 18.7 Å². The molecular weight excluding hydrogens is 349 g/mol. The highest BCUT2D eigenvalue weighted by atomic mass is 32.2. The molecule has 1 aromatic rings. The fourth-order valence-corrected chi connectivity index (χ4v) is 5.35. The average Bonchev–Trinajstić information content (AvgIpc) is 2.97. The van der Waals surface area contributed by atoms with Gasteiger partial charge in [0.15, 0.2) is 0 Å². The lowest BCUT2D eigenvalue weighted by Gasteiger charge is -2.35. The van der Waals surface area contributed by atoms with Gasteiger partial charge in [-0.15, -0.1) is 0 Å². The van der Waals surface area contributed by atoms with Crippen LogP contribution in [-0.2, 0) is 19.7 Å². The van der Waals surface area contributed by atoms with Crippen molar-refractivity contribution in [2.45, 2.75) is 18.2 Å². The number of hydrogen-bond acceptors (Lipinski definition) is 5. The maximum atomic E-state index is 13.6. The Bertz CT molecular complexity index is 750. The smallest absolute Gasteiger partial charge is 0.221 e. The summed E-state index contributed by atoms with van der Waals surface area (Å²) in [6, 6.07) is 5.35. The number of amides is 1. The number of benzene rings is 1. The third-order valence-electron chi connectivity index (χ3n) is 4.80. The van der Waals surface area contributed by atoms with E-state index in [1.807, 2.05) is 0 Å². The molecule has 0 radical (unpaired) electrons. The number of carbonyl (C=O) groups excluding carboxylic acids is 1. The zero-order chi connectivity index (χ0) is 18.2. The Morgan fingerprint density at radius 2 is 1.92 bits per heavy atom. The van der Waals surface area contributed by atoms with Crippen LogP contribution in [0.15, 0.2) is 24.3 Å². The summed E-state index contributed by atoms with van der Waals surface area (Å²) < 4.78 is 41.2. The van der Waals surface area contributed by atoms with Gasteiger partial charge in [-0.25, -0.2) is 12.8 Å². The highest BCUT2D eigenvalue weighted by molar-refractivity contribution is 7.89. The molecule has 2 aliphatic heterocycles. The van der Waals surface area contributed by atoms with Gasteiger partial charge in [0.25, 0.3) is 0 Å². The number of carbonyl (C=O) groups is 1. The molecule has 2 heterocycles. The lowest BCUT2D eigenvalue weighted by Crippen LogP contribution is -2.53. The molecule has 2 aliphatic rings. The van der Waals surface area contributed by atoms with Gasteiger partial charge in [0.05, 0.1) is 12.6 Å². The molecule has 25 heavy (non-hydrogen) atoms. The zero-order valence-electron chi connectivity index (χ0n) is 14.3. The molecule has 2 unspecified atom stereocenters. The van der Waals surface area contributed by atoms with Crippen molar-refractivity contribution in [3.8, 4) is 0 Å². The number of sulfonamides is 1. The van der Waals surface area contributed by atoms with E-state index in [9.17, 15) is 17.6 Å². The van der Waals surface area contributed by atoms with E-state index >= 15 is 0 Å². The molecule has 0 saturated carbocycles.